The monoisotopic (exact) mass is 156 g/mol. The summed E-state index contributed by atoms with van der Waals surface area (Å²) in [7, 11) is 0. The maximum absolute atomic E-state index is 5.87. The highest BCUT2D eigenvalue weighted by Crippen LogP contribution is 2.29. The number of nitrogens with two attached hydrogens (primary N) is 1. The molecule has 2 aliphatic rings. The van der Waals surface area contributed by atoms with E-state index in [1.165, 1.54) is 19.3 Å². The maximum Gasteiger partial charge on any atom is 0.0607 e. The molecule has 0 amide bonds. The van der Waals surface area contributed by atoms with E-state index in [1.54, 1.807) is 0 Å². The molecule has 1 heterocycles. The van der Waals surface area contributed by atoms with Gasteiger partial charge in [0.15, 0.2) is 0 Å². The quantitative estimate of drug-likeness (QED) is 0.515. The lowest BCUT2D eigenvalue weighted by Gasteiger charge is -2.24. The van der Waals surface area contributed by atoms with E-state index < -0.39 is 0 Å². The van der Waals surface area contributed by atoms with Crippen molar-refractivity contribution >= 4 is 0 Å². The molecule has 11 heavy (non-hydrogen) atoms. The number of nitrogens with zero attached hydrogens (tertiary/aromatic N) is 1. The van der Waals surface area contributed by atoms with Crippen LogP contribution in [0.25, 0.3) is 0 Å². The van der Waals surface area contributed by atoms with Gasteiger partial charge < -0.3 is 4.74 Å². The minimum Gasteiger partial charge on any atom is -0.380 e. The molecule has 0 spiro atoms. The van der Waals surface area contributed by atoms with Crippen molar-refractivity contribution < 1.29 is 4.74 Å². The van der Waals surface area contributed by atoms with Gasteiger partial charge in [-0.15, -0.1) is 0 Å². The van der Waals surface area contributed by atoms with E-state index in [9.17, 15) is 0 Å². The van der Waals surface area contributed by atoms with E-state index in [0.29, 0.717) is 12.0 Å². The van der Waals surface area contributed by atoms with Gasteiger partial charge in [-0.1, -0.05) is 6.42 Å². The summed E-state index contributed by atoms with van der Waals surface area (Å²) >= 11 is 0. The Hall–Kier alpha value is -0.120. The Kier molecular flexibility index (Phi) is 2.11. The van der Waals surface area contributed by atoms with Gasteiger partial charge in [-0.25, -0.2) is 5.01 Å². The summed E-state index contributed by atoms with van der Waals surface area (Å²) in [6.45, 7) is 2.64. The highest BCUT2D eigenvalue weighted by molar-refractivity contribution is 4.84. The molecule has 2 N–H and O–H groups in total. The summed E-state index contributed by atoms with van der Waals surface area (Å²) in [5.41, 5.74) is 0. The lowest BCUT2D eigenvalue weighted by Crippen LogP contribution is -2.43. The predicted molar refractivity (Wildman–Crippen MR) is 42.8 cm³/mol. The first-order valence-electron chi connectivity index (χ1n) is 4.47. The van der Waals surface area contributed by atoms with Crippen molar-refractivity contribution in [1.29, 1.82) is 0 Å². The molecule has 2 atom stereocenters. The zero-order valence-corrected chi connectivity index (χ0v) is 6.83. The summed E-state index contributed by atoms with van der Waals surface area (Å²) in [4.78, 5) is 0. The fraction of sp³-hybridized carbons (Fsp3) is 1.00. The van der Waals surface area contributed by atoms with Gasteiger partial charge in [0.05, 0.1) is 13.2 Å². The van der Waals surface area contributed by atoms with Crippen molar-refractivity contribution in [1.82, 2.24) is 5.01 Å². The van der Waals surface area contributed by atoms with E-state index in [2.05, 4.69) is 0 Å². The van der Waals surface area contributed by atoms with Crippen molar-refractivity contribution in [2.75, 3.05) is 19.8 Å². The number of rotatable bonds is 0. The third kappa shape index (κ3) is 1.41. The van der Waals surface area contributed by atoms with Gasteiger partial charge in [-0.2, -0.15) is 0 Å². The van der Waals surface area contributed by atoms with Gasteiger partial charge in [-0.3, -0.25) is 5.84 Å². The number of ether oxygens (including phenoxy) is 1. The fourth-order valence-electron chi connectivity index (χ4n) is 2.22. The van der Waals surface area contributed by atoms with Gasteiger partial charge in [-0.05, 0) is 18.8 Å². The highest BCUT2D eigenvalue weighted by Gasteiger charge is 2.32. The summed E-state index contributed by atoms with van der Waals surface area (Å²) in [5.74, 6) is 6.58. The maximum atomic E-state index is 5.87. The van der Waals surface area contributed by atoms with Crippen LogP contribution in [0, 0.1) is 5.92 Å². The fourth-order valence-corrected chi connectivity index (χ4v) is 2.22. The predicted octanol–water partition coefficient (Wildman–Crippen LogP) is 0.361. The first-order chi connectivity index (χ1) is 5.38. The van der Waals surface area contributed by atoms with E-state index in [1.807, 2.05) is 5.01 Å². The molecule has 3 nitrogen and oxygen atoms in total. The van der Waals surface area contributed by atoms with Crippen LogP contribution in [-0.2, 0) is 4.74 Å². The van der Waals surface area contributed by atoms with E-state index in [4.69, 9.17) is 10.6 Å². The van der Waals surface area contributed by atoms with Crippen molar-refractivity contribution in [3.63, 3.8) is 0 Å². The third-order valence-electron chi connectivity index (χ3n) is 2.87. The first-order valence-corrected chi connectivity index (χ1v) is 4.47. The first kappa shape index (κ1) is 7.53. The second kappa shape index (κ2) is 3.09. The van der Waals surface area contributed by atoms with Crippen LogP contribution in [0.15, 0.2) is 0 Å². The minimum absolute atomic E-state index is 0.609. The average Bonchev–Trinajstić information content (AvgIpc) is 2.40. The minimum atomic E-state index is 0.609. The zero-order chi connectivity index (χ0) is 7.68. The molecule has 0 radical (unpaired) electrons. The molecule has 0 aromatic carbocycles. The topological polar surface area (TPSA) is 38.5 Å². The average molecular weight is 156 g/mol. The zero-order valence-electron chi connectivity index (χ0n) is 6.83. The van der Waals surface area contributed by atoms with Gasteiger partial charge in [0, 0.05) is 12.6 Å². The molecule has 0 bridgehead atoms. The number of fused-ring (bicyclic) bond motifs is 1. The molecule has 2 rings (SSSR count). The Morgan fingerprint density at radius 3 is 3.18 bits per heavy atom. The van der Waals surface area contributed by atoms with Crippen molar-refractivity contribution in [3.05, 3.63) is 0 Å². The lowest BCUT2D eigenvalue weighted by molar-refractivity contribution is 0.120. The van der Waals surface area contributed by atoms with Crippen molar-refractivity contribution in [2.24, 2.45) is 11.8 Å². The molecule has 1 saturated heterocycles. The third-order valence-corrected chi connectivity index (χ3v) is 2.87. The largest absolute Gasteiger partial charge is 0.380 e. The molecule has 64 valence electrons. The summed E-state index contributed by atoms with van der Waals surface area (Å²) in [6, 6.07) is 0.609. The van der Waals surface area contributed by atoms with Gasteiger partial charge in [0.1, 0.15) is 0 Å². The molecule has 2 fully saturated rings. The molecule has 0 aromatic rings. The summed E-state index contributed by atoms with van der Waals surface area (Å²) in [5, 5.41) is 1.98. The van der Waals surface area contributed by atoms with Crippen LogP contribution in [0.3, 0.4) is 0 Å². The Morgan fingerprint density at radius 2 is 2.27 bits per heavy atom. The van der Waals surface area contributed by atoms with Crippen molar-refractivity contribution in [3.8, 4) is 0 Å². The summed E-state index contributed by atoms with van der Waals surface area (Å²) < 4.78 is 5.46. The molecule has 3 heteroatoms. The molecule has 1 saturated carbocycles. The number of hydrazine groups is 1. The highest BCUT2D eigenvalue weighted by atomic mass is 16.5. The van der Waals surface area contributed by atoms with Gasteiger partial charge in [0.2, 0.25) is 0 Å². The standard InChI is InChI=1S/C8H16N2O/c9-10-4-5-11-6-7-2-1-3-8(7)10/h7-8H,1-6,9H2/t7-,8+/m1/s1. The van der Waals surface area contributed by atoms with Crippen LogP contribution in [0.4, 0.5) is 0 Å². The molecule has 1 aliphatic carbocycles. The SMILES string of the molecule is NN1CCOC[C@H]2CCC[C@@H]21. The second-order valence-electron chi connectivity index (χ2n) is 3.57. The smallest absolute Gasteiger partial charge is 0.0607 e. The molecule has 1 aliphatic heterocycles. The molecule has 0 unspecified atom stereocenters. The lowest BCUT2D eigenvalue weighted by atomic mass is 10.1. The van der Waals surface area contributed by atoms with E-state index in [0.717, 1.165) is 19.8 Å². The normalized spacial score (nSPS) is 40.1. The second-order valence-corrected chi connectivity index (χ2v) is 3.57. The Morgan fingerprint density at radius 1 is 1.36 bits per heavy atom. The van der Waals surface area contributed by atoms with Gasteiger partial charge in [0.25, 0.3) is 0 Å². The van der Waals surface area contributed by atoms with Crippen LogP contribution in [0.5, 0.6) is 0 Å². The molecular formula is C8H16N2O. The van der Waals surface area contributed by atoms with Crippen molar-refractivity contribution in [2.45, 2.75) is 25.3 Å². The van der Waals surface area contributed by atoms with E-state index >= 15 is 0 Å². The van der Waals surface area contributed by atoms with Crippen LogP contribution in [0.1, 0.15) is 19.3 Å². The Bertz CT molecular complexity index is 140. The Labute approximate surface area is 67.5 Å². The van der Waals surface area contributed by atoms with Crippen LogP contribution < -0.4 is 5.84 Å². The number of hydrogen-bond donors (Lipinski definition) is 1. The Balaban J connectivity index is 2.03. The molecular weight excluding hydrogens is 140 g/mol. The van der Waals surface area contributed by atoms with Gasteiger partial charge >= 0.3 is 0 Å². The number of hydrogen-bond acceptors (Lipinski definition) is 3. The molecule has 0 aromatic heterocycles. The van der Waals surface area contributed by atoms with Crippen LogP contribution >= 0.6 is 0 Å². The van der Waals surface area contributed by atoms with E-state index in [-0.39, 0.29) is 0 Å². The van der Waals surface area contributed by atoms with Crippen LogP contribution in [0.2, 0.25) is 0 Å². The van der Waals surface area contributed by atoms with Crippen LogP contribution in [-0.4, -0.2) is 30.8 Å². The summed E-state index contributed by atoms with van der Waals surface area (Å²) in [6.07, 6.45) is 3.90.